The predicted molar refractivity (Wildman–Crippen MR) is 65.0 cm³/mol. The molecule has 0 spiro atoms. The van der Waals surface area contributed by atoms with Crippen LogP contribution in [0.1, 0.15) is 47.5 Å². The van der Waals surface area contributed by atoms with Crippen LogP contribution >= 0.6 is 0 Å². The van der Waals surface area contributed by atoms with E-state index < -0.39 is 11.5 Å². The van der Waals surface area contributed by atoms with Crippen LogP contribution < -0.4 is 10.6 Å². The van der Waals surface area contributed by atoms with E-state index in [0.717, 1.165) is 12.8 Å². The number of carbonyl (C=O) groups is 2. The van der Waals surface area contributed by atoms with Gasteiger partial charge in [-0.25, -0.2) is 0 Å². The zero-order chi connectivity index (χ0) is 12.8. The summed E-state index contributed by atoms with van der Waals surface area (Å²) in [5.74, 6) is -0.225. The summed E-state index contributed by atoms with van der Waals surface area (Å²) in [6, 6.07) is -0.469. The Balaban J connectivity index is 4.01. The van der Waals surface area contributed by atoms with Crippen molar-refractivity contribution in [3.63, 3.8) is 0 Å². The van der Waals surface area contributed by atoms with E-state index in [1.807, 2.05) is 20.8 Å². The van der Waals surface area contributed by atoms with Crippen LogP contribution in [0.25, 0.3) is 0 Å². The SMILES string of the molecule is CCCCNC(=O)C(C)NC(=O)C(C)(C)C. The number of carbonyl (C=O) groups excluding carboxylic acids is 2. The standard InChI is InChI=1S/C12H24N2O2/c1-6-7-8-13-10(15)9(2)14-11(16)12(3,4)5/h9H,6-8H2,1-5H3,(H,13,15)(H,14,16). The molecule has 0 aliphatic heterocycles. The summed E-state index contributed by atoms with van der Waals surface area (Å²) >= 11 is 0. The second kappa shape index (κ2) is 6.51. The van der Waals surface area contributed by atoms with Gasteiger partial charge in [-0.05, 0) is 13.3 Å². The lowest BCUT2D eigenvalue weighted by Crippen LogP contribution is -2.48. The maximum Gasteiger partial charge on any atom is 0.242 e. The Morgan fingerprint density at radius 2 is 1.81 bits per heavy atom. The highest BCUT2D eigenvalue weighted by molar-refractivity contribution is 5.89. The van der Waals surface area contributed by atoms with Crippen LogP contribution in [0.5, 0.6) is 0 Å². The number of rotatable bonds is 5. The molecular weight excluding hydrogens is 204 g/mol. The van der Waals surface area contributed by atoms with E-state index in [1.54, 1.807) is 6.92 Å². The average Bonchev–Trinajstić information content (AvgIpc) is 2.16. The van der Waals surface area contributed by atoms with Gasteiger partial charge in [0.05, 0.1) is 0 Å². The van der Waals surface area contributed by atoms with Crippen molar-refractivity contribution in [2.75, 3.05) is 6.54 Å². The summed E-state index contributed by atoms with van der Waals surface area (Å²) in [4.78, 5) is 23.2. The maximum atomic E-state index is 11.6. The molecular formula is C12H24N2O2. The van der Waals surface area contributed by atoms with Gasteiger partial charge in [0.2, 0.25) is 11.8 Å². The fourth-order valence-corrected chi connectivity index (χ4v) is 1.02. The second-order valence-corrected chi connectivity index (χ2v) is 5.09. The fraction of sp³-hybridized carbons (Fsp3) is 0.833. The second-order valence-electron chi connectivity index (χ2n) is 5.09. The van der Waals surface area contributed by atoms with E-state index in [9.17, 15) is 9.59 Å². The van der Waals surface area contributed by atoms with Gasteiger partial charge in [-0.3, -0.25) is 9.59 Å². The molecule has 0 aromatic carbocycles. The minimum absolute atomic E-state index is 0.106. The number of unbranched alkanes of at least 4 members (excludes halogenated alkanes) is 1. The highest BCUT2D eigenvalue weighted by Gasteiger charge is 2.24. The summed E-state index contributed by atoms with van der Waals surface area (Å²) in [5, 5.41) is 5.48. The number of amides is 2. The molecule has 2 amide bonds. The minimum Gasteiger partial charge on any atom is -0.354 e. The summed E-state index contributed by atoms with van der Waals surface area (Å²) in [6.07, 6.45) is 2.01. The molecule has 16 heavy (non-hydrogen) atoms. The first-order valence-corrected chi connectivity index (χ1v) is 5.87. The van der Waals surface area contributed by atoms with Crippen LogP contribution in [0.15, 0.2) is 0 Å². The Morgan fingerprint density at radius 1 is 1.25 bits per heavy atom. The number of hydrogen-bond acceptors (Lipinski definition) is 2. The van der Waals surface area contributed by atoms with Gasteiger partial charge in [-0.2, -0.15) is 0 Å². The van der Waals surface area contributed by atoms with E-state index in [-0.39, 0.29) is 11.8 Å². The monoisotopic (exact) mass is 228 g/mol. The fourth-order valence-electron chi connectivity index (χ4n) is 1.02. The topological polar surface area (TPSA) is 58.2 Å². The van der Waals surface area contributed by atoms with Crippen LogP contribution in [0, 0.1) is 5.41 Å². The van der Waals surface area contributed by atoms with Crippen molar-refractivity contribution in [1.82, 2.24) is 10.6 Å². The molecule has 0 bridgehead atoms. The lowest BCUT2D eigenvalue weighted by atomic mass is 9.95. The molecule has 1 atom stereocenters. The molecule has 0 aromatic rings. The van der Waals surface area contributed by atoms with Crippen molar-refractivity contribution in [3.8, 4) is 0 Å². The van der Waals surface area contributed by atoms with Gasteiger partial charge in [0.1, 0.15) is 6.04 Å². The quantitative estimate of drug-likeness (QED) is 0.700. The predicted octanol–water partition coefficient (Wildman–Crippen LogP) is 1.45. The van der Waals surface area contributed by atoms with Crippen molar-refractivity contribution in [2.45, 2.75) is 53.5 Å². The zero-order valence-electron chi connectivity index (χ0n) is 11.0. The molecule has 0 rings (SSSR count). The van der Waals surface area contributed by atoms with Crippen LogP contribution in [0.2, 0.25) is 0 Å². The zero-order valence-corrected chi connectivity index (χ0v) is 11.0. The molecule has 1 unspecified atom stereocenters. The molecule has 2 N–H and O–H groups in total. The smallest absolute Gasteiger partial charge is 0.242 e. The van der Waals surface area contributed by atoms with E-state index in [0.29, 0.717) is 6.54 Å². The Labute approximate surface area is 98.2 Å². The lowest BCUT2D eigenvalue weighted by Gasteiger charge is -2.21. The molecule has 94 valence electrons. The highest BCUT2D eigenvalue weighted by Crippen LogP contribution is 2.12. The molecule has 0 saturated heterocycles. The van der Waals surface area contributed by atoms with Gasteiger partial charge in [0, 0.05) is 12.0 Å². The Kier molecular flexibility index (Phi) is 6.08. The van der Waals surface area contributed by atoms with Crippen molar-refractivity contribution < 1.29 is 9.59 Å². The normalized spacial score (nSPS) is 13.1. The van der Waals surface area contributed by atoms with Gasteiger partial charge in [-0.1, -0.05) is 34.1 Å². The molecule has 0 saturated carbocycles. The van der Waals surface area contributed by atoms with Crippen molar-refractivity contribution in [3.05, 3.63) is 0 Å². The average molecular weight is 228 g/mol. The molecule has 4 heteroatoms. The summed E-state index contributed by atoms with van der Waals surface area (Å²) in [7, 11) is 0. The van der Waals surface area contributed by atoms with Crippen molar-refractivity contribution in [1.29, 1.82) is 0 Å². The minimum atomic E-state index is -0.469. The first-order chi connectivity index (χ1) is 7.29. The largest absolute Gasteiger partial charge is 0.354 e. The van der Waals surface area contributed by atoms with Crippen LogP contribution in [-0.4, -0.2) is 24.4 Å². The summed E-state index contributed by atoms with van der Waals surface area (Å²) in [5.41, 5.74) is -0.460. The third kappa shape index (κ3) is 5.73. The maximum absolute atomic E-state index is 11.6. The summed E-state index contributed by atoms with van der Waals surface area (Å²) in [6.45, 7) is 9.91. The molecule has 0 radical (unpaired) electrons. The van der Waals surface area contributed by atoms with Gasteiger partial charge < -0.3 is 10.6 Å². The van der Waals surface area contributed by atoms with Crippen LogP contribution in [0.3, 0.4) is 0 Å². The van der Waals surface area contributed by atoms with Gasteiger partial charge in [0.15, 0.2) is 0 Å². The summed E-state index contributed by atoms with van der Waals surface area (Å²) < 4.78 is 0. The molecule has 0 fully saturated rings. The van der Waals surface area contributed by atoms with E-state index in [2.05, 4.69) is 17.6 Å². The molecule has 0 aromatic heterocycles. The number of hydrogen-bond donors (Lipinski definition) is 2. The third-order valence-electron chi connectivity index (χ3n) is 2.25. The number of nitrogens with one attached hydrogen (secondary N) is 2. The lowest BCUT2D eigenvalue weighted by molar-refractivity contribution is -0.133. The van der Waals surface area contributed by atoms with E-state index in [4.69, 9.17) is 0 Å². The third-order valence-corrected chi connectivity index (χ3v) is 2.25. The van der Waals surface area contributed by atoms with Crippen molar-refractivity contribution in [2.24, 2.45) is 5.41 Å². The molecule has 0 heterocycles. The van der Waals surface area contributed by atoms with E-state index >= 15 is 0 Å². The molecule has 0 aliphatic rings. The first-order valence-electron chi connectivity index (χ1n) is 5.87. The Morgan fingerprint density at radius 3 is 2.25 bits per heavy atom. The first kappa shape index (κ1) is 14.9. The highest BCUT2D eigenvalue weighted by atomic mass is 16.2. The Bertz CT molecular complexity index is 244. The molecule has 4 nitrogen and oxygen atoms in total. The van der Waals surface area contributed by atoms with Crippen molar-refractivity contribution >= 4 is 11.8 Å². The van der Waals surface area contributed by atoms with Crippen LogP contribution in [0.4, 0.5) is 0 Å². The van der Waals surface area contributed by atoms with Crippen LogP contribution in [-0.2, 0) is 9.59 Å². The van der Waals surface area contributed by atoms with Gasteiger partial charge in [0.25, 0.3) is 0 Å². The Hall–Kier alpha value is -1.06. The molecule has 0 aliphatic carbocycles. The van der Waals surface area contributed by atoms with E-state index in [1.165, 1.54) is 0 Å². The van der Waals surface area contributed by atoms with Gasteiger partial charge in [-0.15, -0.1) is 0 Å². The van der Waals surface area contributed by atoms with Gasteiger partial charge >= 0.3 is 0 Å².